The van der Waals surface area contributed by atoms with Gasteiger partial charge < -0.3 is 20.6 Å². The topological polar surface area (TPSA) is 129 Å². The van der Waals surface area contributed by atoms with Crippen LogP contribution in [0, 0.1) is 5.92 Å². The molecular formula is C21H26N6O3S. The molecular weight excluding hydrogens is 416 g/mol. The number of rotatable bonds is 7. The van der Waals surface area contributed by atoms with Gasteiger partial charge in [-0.25, -0.2) is 14.6 Å². The third-order valence-corrected chi connectivity index (χ3v) is 6.97. The van der Waals surface area contributed by atoms with E-state index in [4.69, 9.17) is 0 Å². The summed E-state index contributed by atoms with van der Waals surface area (Å²) < 4.78 is 1.58. The van der Waals surface area contributed by atoms with Crippen LogP contribution < -0.4 is 5.32 Å². The number of fused-ring (bicyclic) bond motifs is 1. The maximum absolute atomic E-state index is 10.5. The molecule has 6 unspecified atom stereocenters. The van der Waals surface area contributed by atoms with Gasteiger partial charge in [-0.15, -0.1) is 5.10 Å². The fourth-order valence-corrected chi connectivity index (χ4v) is 5.01. The van der Waals surface area contributed by atoms with Gasteiger partial charge in [0.25, 0.3) is 0 Å². The molecule has 2 heterocycles. The molecule has 4 N–H and O–H groups in total. The van der Waals surface area contributed by atoms with Gasteiger partial charge in [-0.2, -0.15) is 0 Å². The van der Waals surface area contributed by atoms with E-state index >= 15 is 0 Å². The average molecular weight is 443 g/mol. The zero-order valence-electron chi connectivity index (χ0n) is 17.2. The van der Waals surface area contributed by atoms with Gasteiger partial charge in [0.05, 0.1) is 12.1 Å². The summed E-state index contributed by atoms with van der Waals surface area (Å²) >= 11 is 1.53. The third kappa shape index (κ3) is 3.78. The Balaban J connectivity index is 1.47. The molecule has 2 aliphatic rings. The molecule has 9 nitrogen and oxygen atoms in total. The molecule has 1 aromatic carbocycles. The number of aliphatic hydroxyl groups excluding tert-OH is 3. The Morgan fingerprint density at radius 3 is 2.65 bits per heavy atom. The highest BCUT2D eigenvalue weighted by atomic mass is 32.2. The van der Waals surface area contributed by atoms with E-state index in [-0.39, 0.29) is 12.6 Å². The number of nitrogens with zero attached hydrogens (tertiary/aromatic N) is 5. The molecule has 2 aliphatic carbocycles. The van der Waals surface area contributed by atoms with E-state index < -0.39 is 24.2 Å². The molecule has 5 rings (SSSR count). The van der Waals surface area contributed by atoms with Gasteiger partial charge in [0, 0.05) is 24.5 Å². The van der Waals surface area contributed by atoms with Crippen molar-refractivity contribution in [2.75, 3.05) is 17.7 Å². The van der Waals surface area contributed by atoms with Crippen LogP contribution >= 0.6 is 11.8 Å². The van der Waals surface area contributed by atoms with E-state index in [0.717, 1.165) is 12.2 Å². The van der Waals surface area contributed by atoms with E-state index in [9.17, 15) is 15.3 Å². The highest BCUT2D eigenvalue weighted by molar-refractivity contribution is 7.99. The lowest BCUT2D eigenvalue weighted by Gasteiger charge is -2.17. The predicted molar refractivity (Wildman–Crippen MR) is 117 cm³/mol. The maximum atomic E-state index is 10.5. The summed E-state index contributed by atoms with van der Waals surface area (Å²) in [5.41, 5.74) is 2.38. The smallest absolute Gasteiger partial charge is 0.191 e. The molecule has 0 aliphatic heterocycles. The minimum atomic E-state index is -1.04. The molecule has 0 bridgehead atoms. The molecule has 10 heteroatoms. The first-order valence-electron chi connectivity index (χ1n) is 10.6. The van der Waals surface area contributed by atoms with Gasteiger partial charge in [0.15, 0.2) is 22.1 Å². The number of hydrogen-bond acceptors (Lipinski definition) is 9. The second-order valence-corrected chi connectivity index (χ2v) is 9.46. The van der Waals surface area contributed by atoms with Crippen LogP contribution in [-0.2, 0) is 0 Å². The summed E-state index contributed by atoms with van der Waals surface area (Å²) in [6.45, 7) is 1.85. The Morgan fingerprint density at radius 2 is 1.94 bits per heavy atom. The highest BCUT2D eigenvalue weighted by Gasteiger charge is 2.44. The van der Waals surface area contributed by atoms with Crippen LogP contribution in [0.1, 0.15) is 37.3 Å². The van der Waals surface area contributed by atoms with Crippen LogP contribution in [0.5, 0.6) is 0 Å². The summed E-state index contributed by atoms with van der Waals surface area (Å²) in [5, 5.41) is 43.0. The van der Waals surface area contributed by atoms with Gasteiger partial charge in [-0.05, 0) is 24.2 Å². The van der Waals surface area contributed by atoms with Crippen molar-refractivity contribution in [3.63, 3.8) is 0 Å². The lowest BCUT2D eigenvalue weighted by Crippen LogP contribution is -2.30. The number of thioether (sulfide) groups is 1. The van der Waals surface area contributed by atoms with Crippen LogP contribution in [0.4, 0.5) is 5.82 Å². The minimum Gasteiger partial charge on any atom is -0.396 e. The van der Waals surface area contributed by atoms with E-state index in [2.05, 4.69) is 49.9 Å². The Bertz CT molecular complexity index is 1060. The highest BCUT2D eigenvalue weighted by Crippen LogP contribution is 2.43. The van der Waals surface area contributed by atoms with Crippen molar-refractivity contribution in [3.8, 4) is 0 Å². The standard InChI is InChI=1S/C21H26N6O3S/c1-2-31-21-23-19(22-14-9-13(14)11-6-4-3-5-7-11)16-20(24-21)27(26-25-16)15-8-12(10-28)17(29)18(15)30/h3-7,12-15,17-18,28-30H,2,8-10H2,1H3,(H,22,23,24). The lowest BCUT2D eigenvalue weighted by molar-refractivity contribution is -0.00512. The Morgan fingerprint density at radius 1 is 1.13 bits per heavy atom. The van der Waals surface area contributed by atoms with Crippen molar-refractivity contribution in [1.29, 1.82) is 0 Å². The van der Waals surface area contributed by atoms with Gasteiger partial charge in [-0.3, -0.25) is 0 Å². The van der Waals surface area contributed by atoms with Gasteiger partial charge in [0.1, 0.15) is 6.10 Å². The fraction of sp³-hybridized carbons (Fsp3) is 0.524. The van der Waals surface area contributed by atoms with Crippen LogP contribution in [0.2, 0.25) is 0 Å². The first-order valence-corrected chi connectivity index (χ1v) is 11.6. The predicted octanol–water partition coefficient (Wildman–Crippen LogP) is 1.58. The molecule has 6 atom stereocenters. The quantitative estimate of drug-likeness (QED) is 0.318. The maximum Gasteiger partial charge on any atom is 0.191 e. The van der Waals surface area contributed by atoms with Crippen LogP contribution in [0.3, 0.4) is 0 Å². The van der Waals surface area contributed by atoms with E-state index in [1.54, 1.807) is 4.68 Å². The van der Waals surface area contributed by atoms with Crippen molar-refractivity contribution < 1.29 is 15.3 Å². The largest absolute Gasteiger partial charge is 0.396 e. The number of aliphatic hydroxyl groups is 3. The monoisotopic (exact) mass is 442 g/mol. The number of hydrogen-bond donors (Lipinski definition) is 4. The summed E-state index contributed by atoms with van der Waals surface area (Å²) in [5.74, 6) is 1.49. The second kappa shape index (κ2) is 8.34. The summed E-state index contributed by atoms with van der Waals surface area (Å²) in [7, 11) is 0. The normalized spacial score (nSPS) is 30.1. The summed E-state index contributed by atoms with van der Waals surface area (Å²) in [6.07, 6.45) is -0.622. The van der Waals surface area contributed by atoms with Crippen LogP contribution in [0.15, 0.2) is 35.5 Å². The van der Waals surface area contributed by atoms with Gasteiger partial charge >= 0.3 is 0 Å². The first kappa shape index (κ1) is 20.6. The van der Waals surface area contributed by atoms with E-state index in [1.807, 2.05) is 13.0 Å². The Labute approximate surface area is 183 Å². The fourth-order valence-electron chi connectivity index (χ4n) is 4.45. The first-order chi connectivity index (χ1) is 15.1. The average Bonchev–Trinajstić information content (AvgIpc) is 3.33. The van der Waals surface area contributed by atoms with Crippen molar-refractivity contribution in [2.24, 2.45) is 5.92 Å². The SMILES string of the molecule is CCSc1nc(NC2CC2c2ccccc2)c2nnn(C3CC(CO)C(O)C3O)c2n1. The second-order valence-electron chi connectivity index (χ2n) is 8.22. The Kier molecular flexibility index (Phi) is 5.55. The van der Waals surface area contributed by atoms with Gasteiger partial charge in [-0.1, -0.05) is 54.2 Å². The number of nitrogens with one attached hydrogen (secondary N) is 1. The molecule has 31 heavy (non-hydrogen) atoms. The lowest BCUT2D eigenvalue weighted by atomic mass is 10.1. The third-order valence-electron chi connectivity index (χ3n) is 6.24. The molecule has 2 fully saturated rings. The van der Waals surface area contributed by atoms with E-state index in [1.165, 1.54) is 17.3 Å². The van der Waals surface area contributed by atoms with Crippen molar-refractivity contribution in [1.82, 2.24) is 25.0 Å². The zero-order valence-corrected chi connectivity index (χ0v) is 18.0. The van der Waals surface area contributed by atoms with Crippen molar-refractivity contribution >= 4 is 28.7 Å². The van der Waals surface area contributed by atoms with Crippen molar-refractivity contribution in [2.45, 2.75) is 55.1 Å². The Hall–Kier alpha value is -2.27. The zero-order chi connectivity index (χ0) is 21.5. The number of benzene rings is 1. The molecule has 164 valence electrons. The summed E-state index contributed by atoms with van der Waals surface area (Å²) in [4.78, 5) is 9.32. The molecule has 0 radical (unpaired) electrons. The molecule has 0 saturated heterocycles. The minimum absolute atomic E-state index is 0.192. The van der Waals surface area contributed by atoms with E-state index in [0.29, 0.717) is 34.5 Å². The molecule has 2 saturated carbocycles. The van der Waals surface area contributed by atoms with Crippen LogP contribution in [-0.4, -0.2) is 70.9 Å². The van der Waals surface area contributed by atoms with Crippen LogP contribution in [0.25, 0.3) is 11.2 Å². The molecule has 3 aromatic rings. The summed E-state index contributed by atoms with van der Waals surface area (Å²) in [6, 6.07) is 10.2. The number of anilines is 1. The molecule has 0 spiro atoms. The molecule has 2 aromatic heterocycles. The van der Waals surface area contributed by atoms with Gasteiger partial charge in [0.2, 0.25) is 0 Å². The van der Waals surface area contributed by atoms with Crippen molar-refractivity contribution in [3.05, 3.63) is 35.9 Å². The number of aromatic nitrogens is 5. The molecule has 0 amide bonds.